The summed E-state index contributed by atoms with van der Waals surface area (Å²) in [6, 6.07) is 13.5. The highest BCUT2D eigenvalue weighted by molar-refractivity contribution is 7.89. The smallest absolute Gasteiger partial charge is 0.225 e. The van der Waals surface area contributed by atoms with Crippen molar-refractivity contribution in [2.75, 3.05) is 0 Å². The molecule has 2 aromatic rings. The van der Waals surface area contributed by atoms with Crippen LogP contribution in [0.4, 0.5) is 0 Å². The van der Waals surface area contributed by atoms with Crippen LogP contribution in [0.2, 0.25) is 5.02 Å². The second kappa shape index (κ2) is 4.49. The van der Waals surface area contributed by atoms with E-state index >= 15 is 0 Å². The fraction of sp³-hybridized carbons (Fsp3) is 0. The lowest BCUT2D eigenvalue weighted by Crippen LogP contribution is -2.13. The quantitative estimate of drug-likeness (QED) is 0.909. The van der Waals surface area contributed by atoms with Crippen LogP contribution in [0.3, 0.4) is 0 Å². The summed E-state index contributed by atoms with van der Waals surface area (Å²) in [6.45, 7) is 0. The Bertz CT molecular complexity index is 653. The standard InChI is InChI=1S/C12H10ClNO2S/c13-10-5-3-4-9(8-10)11-6-1-2-7-12(11)17(14,15)16/h1-8H,(H2,14,15,16). The molecule has 17 heavy (non-hydrogen) atoms. The minimum atomic E-state index is -3.74. The zero-order chi connectivity index (χ0) is 12.5. The van der Waals surface area contributed by atoms with Gasteiger partial charge in [0.1, 0.15) is 0 Å². The van der Waals surface area contributed by atoms with E-state index < -0.39 is 10.0 Å². The normalized spacial score (nSPS) is 11.4. The van der Waals surface area contributed by atoms with Gasteiger partial charge in [0.15, 0.2) is 0 Å². The van der Waals surface area contributed by atoms with E-state index in [2.05, 4.69) is 0 Å². The molecule has 0 heterocycles. The van der Waals surface area contributed by atoms with Crippen LogP contribution < -0.4 is 5.14 Å². The van der Waals surface area contributed by atoms with E-state index in [1.165, 1.54) is 6.07 Å². The SMILES string of the molecule is NS(=O)(=O)c1ccccc1-c1cccc(Cl)c1. The molecule has 0 saturated carbocycles. The third-order valence-electron chi connectivity index (χ3n) is 2.33. The van der Waals surface area contributed by atoms with Crippen molar-refractivity contribution >= 4 is 21.6 Å². The molecule has 0 bridgehead atoms. The summed E-state index contributed by atoms with van der Waals surface area (Å²) < 4.78 is 22.9. The van der Waals surface area contributed by atoms with Gasteiger partial charge in [-0.3, -0.25) is 0 Å². The van der Waals surface area contributed by atoms with Gasteiger partial charge < -0.3 is 0 Å². The summed E-state index contributed by atoms with van der Waals surface area (Å²) in [7, 11) is -3.74. The van der Waals surface area contributed by atoms with Crippen molar-refractivity contribution in [3.05, 3.63) is 53.6 Å². The molecule has 0 amide bonds. The molecule has 5 heteroatoms. The Hall–Kier alpha value is -1.36. The predicted octanol–water partition coefficient (Wildman–Crippen LogP) is 2.65. The van der Waals surface area contributed by atoms with Crippen LogP contribution in [0.25, 0.3) is 11.1 Å². The molecule has 0 aliphatic rings. The molecule has 0 aromatic heterocycles. The van der Waals surface area contributed by atoms with Crippen LogP contribution in [0.1, 0.15) is 0 Å². The number of sulfonamides is 1. The number of primary sulfonamides is 1. The van der Waals surface area contributed by atoms with E-state index in [4.69, 9.17) is 16.7 Å². The van der Waals surface area contributed by atoms with Crippen molar-refractivity contribution in [1.29, 1.82) is 0 Å². The zero-order valence-electron chi connectivity index (χ0n) is 8.80. The first kappa shape index (κ1) is 12.1. The first-order valence-electron chi connectivity index (χ1n) is 4.86. The average molecular weight is 268 g/mol. The molecule has 2 aromatic carbocycles. The molecular formula is C12H10ClNO2S. The Balaban J connectivity index is 2.69. The molecule has 0 aliphatic heterocycles. The number of benzene rings is 2. The second-order valence-electron chi connectivity index (χ2n) is 3.55. The first-order chi connectivity index (χ1) is 7.98. The van der Waals surface area contributed by atoms with E-state index in [-0.39, 0.29) is 4.90 Å². The van der Waals surface area contributed by atoms with E-state index in [1.54, 1.807) is 42.5 Å². The summed E-state index contributed by atoms with van der Waals surface area (Å²) in [5.41, 5.74) is 1.28. The zero-order valence-corrected chi connectivity index (χ0v) is 10.4. The summed E-state index contributed by atoms with van der Waals surface area (Å²) in [6.07, 6.45) is 0. The maximum absolute atomic E-state index is 11.5. The maximum Gasteiger partial charge on any atom is 0.238 e. The van der Waals surface area contributed by atoms with Crippen LogP contribution >= 0.6 is 11.6 Å². The van der Waals surface area contributed by atoms with Crippen LogP contribution in [0.5, 0.6) is 0 Å². The summed E-state index contributed by atoms with van der Waals surface area (Å²) in [5, 5.41) is 5.72. The molecule has 0 unspecified atom stereocenters. The van der Waals surface area contributed by atoms with Crippen LogP contribution in [-0.2, 0) is 10.0 Å². The number of hydrogen-bond donors (Lipinski definition) is 1. The highest BCUT2D eigenvalue weighted by Gasteiger charge is 2.14. The highest BCUT2D eigenvalue weighted by Crippen LogP contribution is 2.28. The third-order valence-corrected chi connectivity index (χ3v) is 3.53. The minimum Gasteiger partial charge on any atom is -0.225 e. The molecular weight excluding hydrogens is 258 g/mol. The van der Waals surface area contributed by atoms with Crippen molar-refractivity contribution < 1.29 is 8.42 Å². The Morgan fingerprint density at radius 3 is 2.35 bits per heavy atom. The molecule has 0 saturated heterocycles. The lowest BCUT2D eigenvalue weighted by atomic mass is 10.1. The molecule has 88 valence electrons. The van der Waals surface area contributed by atoms with Gasteiger partial charge in [-0.1, -0.05) is 41.9 Å². The van der Waals surface area contributed by atoms with Crippen LogP contribution in [-0.4, -0.2) is 8.42 Å². The van der Waals surface area contributed by atoms with Gasteiger partial charge in [-0.2, -0.15) is 0 Å². The molecule has 0 atom stereocenters. The molecule has 0 spiro atoms. The topological polar surface area (TPSA) is 60.2 Å². The summed E-state index contributed by atoms with van der Waals surface area (Å²) in [4.78, 5) is 0.0993. The van der Waals surface area contributed by atoms with E-state index in [0.29, 0.717) is 10.6 Å². The number of rotatable bonds is 2. The lowest BCUT2D eigenvalue weighted by molar-refractivity contribution is 0.598. The molecule has 0 radical (unpaired) electrons. The van der Waals surface area contributed by atoms with Crippen molar-refractivity contribution in [1.82, 2.24) is 0 Å². The van der Waals surface area contributed by atoms with Crippen LogP contribution in [0.15, 0.2) is 53.4 Å². The Kier molecular flexibility index (Phi) is 3.19. The highest BCUT2D eigenvalue weighted by atomic mass is 35.5. The number of halogens is 1. The van der Waals surface area contributed by atoms with Gasteiger partial charge in [-0.15, -0.1) is 0 Å². The van der Waals surface area contributed by atoms with Gasteiger partial charge in [0.2, 0.25) is 10.0 Å². The first-order valence-corrected chi connectivity index (χ1v) is 6.79. The van der Waals surface area contributed by atoms with E-state index in [0.717, 1.165) is 5.56 Å². The monoisotopic (exact) mass is 267 g/mol. The van der Waals surface area contributed by atoms with Gasteiger partial charge in [-0.25, -0.2) is 13.6 Å². The average Bonchev–Trinajstić information content (AvgIpc) is 2.28. The van der Waals surface area contributed by atoms with E-state index in [1.807, 2.05) is 0 Å². The summed E-state index contributed by atoms with van der Waals surface area (Å²) in [5.74, 6) is 0. The van der Waals surface area contributed by atoms with Gasteiger partial charge in [0, 0.05) is 10.6 Å². The van der Waals surface area contributed by atoms with Gasteiger partial charge in [0.05, 0.1) is 4.90 Å². The summed E-state index contributed by atoms with van der Waals surface area (Å²) >= 11 is 5.88. The van der Waals surface area contributed by atoms with Crippen molar-refractivity contribution in [2.24, 2.45) is 5.14 Å². The molecule has 0 fully saturated rings. The van der Waals surface area contributed by atoms with E-state index in [9.17, 15) is 8.42 Å². The predicted molar refractivity (Wildman–Crippen MR) is 68.3 cm³/mol. The fourth-order valence-electron chi connectivity index (χ4n) is 1.61. The second-order valence-corrected chi connectivity index (χ2v) is 5.52. The molecule has 2 rings (SSSR count). The third kappa shape index (κ3) is 2.66. The Labute approximate surface area is 105 Å². The Morgan fingerprint density at radius 1 is 1.00 bits per heavy atom. The maximum atomic E-state index is 11.5. The van der Waals surface area contributed by atoms with Crippen molar-refractivity contribution in [3.8, 4) is 11.1 Å². The lowest BCUT2D eigenvalue weighted by Gasteiger charge is -2.07. The molecule has 0 aliphatic carbocycles. The molecule has 3 nitrogen and oxygen atoms in total. The minimum absolute atomic E-state index is 0.0993. The number of hydrogen-bond acceptors (Lipinski definition) is 2. The fourth-order valence-corrected chi connectivity index (χ4v) is 2.56. The van der Waals surface area contributed by atoms with Crippen molar-refractivity contribution in [3.63, 3.8) is 0 Å². The van der Waals surface area contributed by atoms with Gasteiger partial charge in [-0.05, 0) is 23.8 Å². The van der Waals surface area contributed by atoms with Gasteiger partial charge in [0.25, 0.3) is 0 Å². The van der Waals surface area contributed by atoms with Gasteiger partial charge >= 0.3 is 0 Å². The van der Waals surface area contributed by atoms with Crippen molar-refractivity contribution in [2.45, 2.75) is 4.90 Å². The Morgan fingerprint density at radius 2 is 1.71 bits per heavy atom. The molecule has 2 N–H and O–H groups in total. The van der Waals surface area contributed by atoms with Crippen LogP contribution in [0, 0.1) is 0 Å². The largest absolute Gasteiger partial charge is 0.238 e. The number of nitrogens with two attached hydrogens (primary N) is 1.